The summed E-state index contributed by atoms with van der Waals surface area (Å²) < 4.78 is 13.6. The summed E-state index contributed by atoms with van der Waals surface area (Å²) in [5, 5.41) is 14.1. The van der Waals surface area contributed by atoms with Crippen molar-refractivity contribution in [1.29, 1.82) is 5.26 Å². The first kappa shape index (κ1) is 17.3. The third-order valence-electron chi connectivity index (χ3n) is 3.49. The van der Waals surface area contributed by atoms with Crippen LogP contribution in [-0.4, -0.2) is 20.1 Å². The van der Waals surface area contributed by atoms with Gasteiger partial charge in [0, 0.05) is 38.4 Å². The largest absolute Gasteiger partial charge is 0.378 e. The first-order chi connectivity index (χ1) is 11.5. The third kappa shape index (κ3) is 4.71. The van der Waals surface area contributed by atoms with Crippen LogP contribution in [0.5, 0.6) is 0 Å². The number of nitriles is 1. The maximum Gasteiger partial charge on any atom is 0.315 e. The predicted molar refractivity (Wildman–Crippen MR) is 91.0 cm³/mol. The fourth-order valence-corrected chi connectivity index (χ4v) is 2.14. The quantitative estimate of drug-likeness (QED) is 0.888. The van der Waals surface area contributed by atoms with Gasteiger partial charge in [0.15, 0.2) is 0 Å². The Kier molecular flexibility index (Phi) is 5.74. The number of benzene rings is 2. The van der Waals surface area contributed by atoms with Crippen LogP contribution in [0.25, 0.3) is 0 Å². The van der Waals surface area contributed by atoms with Gasteiger partial charge in [0.25, 0.3) is 0 Å². The van der Waals surface area contributed by atoms with Crippen molar-refractivity contribution in [2.75, 3.05) is 19.0 Å². The summed E-state index contributed by atoms with van der Waals surface area (Å²) in [5.74, 6) is -0.451. The zero-order chi connectivity index (χ0) is 17.5. The molecule has 0 atom stereocenters. The Labute approximate surface area is 140 Å². The van der Waals surface area contributed by atoms with Gasteiger partial charge in [0.2, 0.25) is 0 Å². The number of carbonyl (C=O) groups is 1. The molecular formula is C18H19FN4O. The molecule has 0 unspecified atom stereocenters. The van der Waals surface area contributed by atoms with E-state index in [1.165, 1.54) is 18.2 Å². The van der Waals surface area contributed by atoms with Crippen LogP contribution in [0.4, 0.5) is 14.9 Å². The fraction of sp³-hybridized carbons (Fsp3) is 0.222. The highest BCUT2D eigenvalue weighted by atomic mass is 19.1. The van der Waals surface area contributed by atoms with Crippen molar-refractivity contribution in [3.8, 4) is 6.07 Å². The molecule has 2 amide bonds. The third-order valence-corrected chi connectivity index (χ3v) is 3.49. The predicted octanol–water partition coefficient (Wildman–Crippen LogP) is 2.76. The molecule has 2 N–H and O–H groups in total. The second kappa shape index (κ2) is 7.97. The van der Waals surface area contributed by atoms with Crippen molar-refractivity contribution in [1.82, 2.24) is 10.6 Å². The van der Waals surface area contributed by atoms with Crippen LogP contribution < -0.4 is 15.5 Å². The highest BCUT2D eigenvalue weighted by molar-refractivity contribution is 5.73. The summed E-state index contributed by atoms with van der Waals surface area (Å²) in [5.41, 5.74) is 2.65. The topological polar surface area (TPSA) is 68.2 Å². The van der Waals surface area contributed by atoms with E-state index in [9.17, 15) is 9.18 Å². The molecule has 24 heavy (non-hydrogen) atoms. The number of anilines is 1. The Hall–Kier alpha value is -3.07. The van der Waals surface area contributed by atoms with Gasteiger partial charge >= 0.3 is 6.03 Å². The molecule has 0 spiro atoms. The minimum atomic E-state index is -0.451. The van der Waals surface area contributed by atoms with Gasteiger partial charge in [-0.05, 0) is 35.9 Å². The molecule has 0 radical (unpaired) electrons. The summed E-state index contributed by atoms with van der Waals surface area (Å²) in [6.07, 6.45) is 0. The zero-order valence-electron chi connectivity index (χ0n) is 13.6. The number of rotatable bonds is 5. The summed E-state index contributed by atoms with van der Waals surface area (Å²) in [4.78, 5) is 13.8. The first-order valence-corrected chi connectivity index (χ1v) is 7.46. The maximum absolute atomic E-state index is 13.6. The van der Waals surface area contributed by atoms with Gasteiger partial charge in [-0.15, -0.1) is 0 Å². The second-order valence-electron chi connectivity index (χ2n) is 5.52. The van der Waals surface area contributed by atoms with Gasteiger partial charge in [0.05, 0.1) is 11.6 Å². The van der Waals surface area contributed by atoms with Crippen molar-refractivity contribution < 1.29 is 9.18 Å². The molecule has 0 saturated carbocycles. The Morgan fingerprint density at radius 3 is 2.62 bits per heavy atom. The standard InChI is InChI=1S/C18H19FN4O/c1-23(2)16-5-3-4-14(9-16)11-21-18(24)22-12-15-8-13(10-20)6-7-17(15)19/h3-9H,11-12H2,1-2H3,(H2,21,22,24). The van der Waals surface area contributed by atoms with Gasteiger partial charge < -0.3 is 15.5 Å². The lowest BCUT2D eigenvalue weighted by atomic mass is 10.1. The van der Waals surface area contributed by atoms with E-state index in [-0.39, 0.29) is 12.1 Å². The molecule has 0 aliphatic rings. The minimum absolute atomic E-state index is 0.0188. The Balaban J connectivity index is 1.88. The zero-order valence-corrected chi connectivity index (χ0v) is 13.6. The van der Waals surface area contributed by atoms with Crippen LogP contribution in [0.3, 0.4) is 0 Å². The molecule has 124 valence electrons. The van der Waals surface area contributed by atoms with E-state index in [1.54, 1.807) is 0 Å². The summed E-state index contributed by atoms with van der Waals surface area (Å²) in [6, 6.07) is 13.4. The first-order valence-electron chi connectivity index (χ1n) is 7.46. The lowest BCUT2D eigenvalue weighted by Gasteiger charge is -2.14. The van der Waals surface area contributed by atoms with Crippen LogP contribution in [-0.2, 0) is 13.1 Å². The minimum Gasteiger partial charge on any atom is -0.378 e. The molecule has 0 fully saturated rings. The van der Waals surface area contributed by atoms with Crippen molar-refractivity contribution >= 4 is 11.7 Å². The lowest BCUT2D eigenvalue weighted by molar-refractivity contribution is 0.240. The average Bonchev–Trinajstić information content (AvgIpc) is 2.59. The van der Waals surface area contributed by atoms with Crippen molar-refractivity contribution in [3.05, 3.63) is 65.0 Å². The van der Waals surface area contributed by atoms with Gasteiger partial charge in [-0.1, -0.05) is 12.1 Å². The Morgan fingerprint density at radius 1 is 1.17 bits per heavy atom. The van der Waals surface area contributed by atoms with Crippen LogP contribution in [0.1, 0.15) is 16.7 Å². The van der Waals surface area contributed by atoms with Crippen molar-refractivity contribution in [2.45, 2.75) is 13.1 Å². The van der Waals surface area contributed by atoms with E-state index in [0.717, 1.165) is 11.3 Å². The molecule has 0 heterocycles. The SMILES string of the molecule is CN(C)c1cccc(CNC(=O)NCc2cc(C#N)ccc2F)c1. The van der Waals surface area contributed by atoms with Crippen molar-refractivity contribution in [3.63, 3.8) is 0 Å². The number of nitrogens with zero attached hydrogens (tertiary/aromatic N) is 2. The van der Waals surface area contributed by atoms with E-state index in [0.29, 0.717) is 12.1 Å². The lowest BCUT2D eigenvalue weighted by Crippen LogP contribution is -2.34. The van der Waals surface area contributed by atoms with Crippen LogP contribution in [0.2, 0.25) is 0 Å². The number of hydrogen-bond donors (Lipinski definition) is 2. The molecule has 2 aromatic rings. The van der Waals surface area contributed by atoms with E-state index in [2.05, 4.69) is 10.6 Å². The Morgan fingerprint density at radius 2 is 1.92 bits per heavy atom. The molecule has 5 nitrogen and oxygen atoms in total. The number of hydrogen-bond acceptors (Lipinski definition) is 3. The molecule has 0 bridgehead atoms. The van der Waals surface area contributed by atoms with E-state index >= 15 is 0 Å². The molecule has 2 aromatic carbocycles. The number of amides is 2. The summed E-state index contributed by atoms with van der Waals surface area (Å²) >= 11 is 0. The summed E-state index contributed by atoms with van der Waals surface area (Å²) in [6.45, 7) is 0.388. The molecule has 0 aromatic heterocycles. The van der Waals surface area contributed by atoms with Gasteiger partial charge in [-0.2, -0.15) is 5.26 Å². The molecule has 0 aliphatic heterocycles. The van der Waals surface area contributed by atoms with Gasteiger partial charge in [0.1, 0.15) is 5.82 Å². The average molecular weight is 326 g/mol. The molecule has 2 rings (SSSR count). The van der Waals surface area contributed by atoms with Gasteiger partial charge in [-0.25, -0.2) is 9.18 Å². The summed E-state index contributed by atoms with van der Waals surface area (Å²) in [7, 11) is 3.90. The fourth-order valence-electron chi connectivity index (χ4n) is 2.14. The number of urea groups is 1. The molecule has 6 heteroatoms. The molecule has 0 saturated heterocycles. The number of halogens is 1. The van der Waals surface area contributed by atoms with Crippen LogP contribution in [0, 0.1) is 17.1 Å². The van der Waals surface area contributed by atoms with Crippen LogP contribution >= 0.6 is 0 Å². The van der Waals surface area contributed by atoms with E-state index in [4.69, 9.17) is 5.26 Å². The number of carbonyl (C=O) groups excluding carboxylic acids is 1. The highest BCUT2D eigenvalue weighted by Crippen LogP contribution is 2.13. The van der Waals surface area contributed by atoms with Crippen LogP contribution in [0.15, 0.2) is 42.5 Å². The van der Waals surface area contributed by atoms with E-state index in [1.807, 2.05) is 49.3 Å². The monoisotopic (exact) mass is 326 g/mol. The highest BCUT2D eigenvalue weighted by Gasteiger charge is 2.06. The maximum atomic E-state index is 13.6. The van der Waals surface area contributed by atoms with Crippen molar-refractivity contribution in [2.24, 2.45) is 0 Å². The number of nitrogens with one attached hydrogen (secondary N) is 2. The smallest absolute Gasteiger partial charge is 0.315 e. The second-order valence-corrected chi connectivity index (χ2v) is 5.52. The van der Waals surface area contributed by atoms with E-state index < -0.39 is 11.8 Å². The Bertz CT molecular complexity index is 768. The molecule has 0 aliphatic carbocycles. The molecular weight excluding hydrogens is 307 g/mol. The normalized spacial score (nSPS) is 9.92. The van der Waals surface area contributed by atoms with Gasteiger partial charge in [-0.3, -0.25) is 0 Å².